The molecule has 3 heteroatoms. The average Bonchev–Trinajstić information content (AvgIpc) is 2.92. The largest absolute Gasteiger partial charge is 0.496 e. The van der Waals surface area contributed by atoms with Gasteiger partial charge in [0.15, 0.2) is 0 Å². The highest BCUT2D eigenvalue weighted by Gasteiger charge is 2.31. The van der Waals surface area contributed by atoms with E-state index in [1.165, 1.54) is 49.9 Å². The Balaban J connectivity index is 2.03. The summed E-state index contributed by atoms with van der Waals surface area (Å²) < 4.78 is 5.50. The molecular weight excluding hydrogens is 246 g/mol. The second-order valence-electron chi connectivity index (χ2n) is 5.29. The van der Waals surface area contributed by atoms with Crippen LogP contribution in [0.3, 0.4) is 0 Å². The number of hydrogen-bond donors (Lipinski definition) is 0. The monoisotopic (exact) mass is 265 g/mol. The number of nitrogens with zero attached hydrogens (tertiary/aromatic N) is 1. The van der Waals surface area contributed by atoms with Gasteiger partial charge < -0.3 is 4.74 Å². The van der Waals surface area contributed by atoms with Crippen LogP contribution >= 0.6 is 11.6 Å². The van der Waals surface area contributed by atoms with Crippen molar-refractivity contribution in [2.24, 2.45) is 0 Å². The summed E-state index contributed by atoms with van der Waals surface area (Å²) in [6.07, 6.45) is 6.23. The molecule has 0 amide bonds. The average molecular weight is 266 g/mol. The van der Waals surface area contributed by atoms with Gasteiger partial charge in [-0.05, 0) is 62.9 Å². The van der Waals surface area contributed by atoms with Crippen molar-refractivity contribution in [1.82, 2.24) is 4.90 Å². The van der Waals surface area contributed by atoms with E-state index in [1.54, 1.807) is 7.11 Å². The van der Waals surface area contributed by atoms with Crippen LogP contribution in [0.2, 0.25) is 5.02 Å². The molecule has 2 aliphatic rings. The maximum absolute atomic E-state index is 6.46. The normalized spacial score (nSPS) is 24.0. The molecule has 0 bridgehead atoms. The number of ether oxygens (including phenoxy) is 1. The zero-order valence-corrected chi connectivity index (χ0v) is 11.7. The van der Waals surface area contributed by atoms with E-state index in [0.717, 1.165) is 17.2 Å². The molecule has 0 spiro atoms. The molecule has 1 aliphatic carbocycles. The number of rotatable bonds is 2. The molecule has 98 valence electrons. The number of likely N-dealkylation sites (tertiary alicyclic amines) is 1. The fourth-order valence-electron chi connectivity index (χ4n) is 3.46. The number of halogens is 1. The van der Waals surface area contributed by atoms with Crippen LogP contribution in [0.25, 0.3) is 0 Å². The molecule has 1 fully saturated rings. The van der Waals surface area contributed by atoms with E-state index in [2.05, 4.69) is 4.90 Å². The van der Waals surface area contributed by atoms with E-state index in [9.17, 15) is 0 Å². The summed E-state index contributed by atoms with van der Waals surface area (Å²) in [4.78, 5) is 2.60. The first-order valence-electron chi connectivity index (χ1n) is 6.90. The predicted molar refractivity (Wildman–Crippen MR) is 74.5 cm³/mol. The SMILES string of the molecule is COc1ccc(Cl)c2c1CCCC2N1CCCC1. The molecule has 0 saturated carbocycles. The molecule has 1 heterocycles. The first-order chi connectivity index (χ1) is 8.81. The van der Waals surface area contributed by atoms with E-state index < -0.39 is 0 Å². The molecule has 18 heavy (non-hydrogen) atoms. The van der Waals surface area contributed by atoms with Gasteiger partial charge in [0.05, 0.1) is 7.11 Å². The highest BCUT2D eigenvalue weighted by Crippen LogP contribution is 2.43. The van der Waals surface area contributed by atoms with Crippen molar-refractivity contribution in [1.29, 1.82) is 0 Å². The minimum absolute atomic E-state index is 0.513. The van der Waals surface area contributed by atoms with E-state index in [1.807, 2.05) is 12.1 Å². The summed E-state index contributed by atoms with van der Waals surface area (Å²) in [7, 11) is 1.75. The standard InChI is InChI=1S/C15H20ClNO/c1-18-14-8-7-12(16)15-11(14)5-4-6-13(15)17-9-2-3-10-17/h7-8,13H,2-6,9-10H2,1H3. The van der Waals surface area contributed by atoms with Gasteiger partial charge in [-0.15, -0.1) is 0 Å². The van der Waals surface area contributed by atoms with Gasteiger partial charge in [0.1, 0.15) is 5.75 Å². The quantitative estimate of drug-likeness (QED) is 0.806. The van der Waals surface area contributed by atoms with Crippen LogP contribution in [0, 0.1) is 0 Å². The van der Waals surface area contributed by atoms with Crippen LogP contribution in [0.5, 0.6) is 5.75 Å². The summed E-state index contributed by atoms with van der Waals surface area (Å²) in [6.45, 7) is 2.44. The Hall–Kier alpha value is -0.730. The highest BCUT2D eigenvalue weighted by molar-refractivity contribution is 6.31. The maximum Gasteiger partial charge on any atom is 0.122 e. The zero-order valence-electron chi connectivity index (χ0n) is 10.9. The molecule has 2 nitrogen and oxygen atoms in total. The molecule has 1 atom stereocenters. The Morgan fingerprint density at radius 3 is 2.72 bits per heavy atom. The van der Waals surface area contributed by atoms with Gasteiger partial charge in [-0.3, -0.25) is 4.90 Å². The first-order valence-corrected chi connectivity index (χ1v) is 7.28. The van der Waals surface area contributed by atoms with E-state index in [-0.39, 0.29) is 0 Å². The molecule has 1 saturated heterocycles. The lowest BCUT2D eigenvalue weighted by Gasteiger charge is -2.34. The van der Waals surface area contributed by atoms with Crippen molar-refractivity contribution in [2.75, 3.05) is 20.2 Å². The van der Waals surface area contributed by atoms with Gasteiger partial charge in [-0.1, -0.05) is 11.6 Å². The Morgan fingerprint density at radius 2 is 2.00 bits per heavy atom. The maximum atomic E-state index is 6.46. The number of benzene rings is 1. The van der Waals surface area contributed by atoms with Crippen LogP contribution in [-0.2, 0) is 6.42 Å². The summed E-state index contributed by atoms with van der Waals surface area (Å²) >= 11 is 6.46. The van der Waals surface area contributed by atoms with Crippen molar-refractivity contribution in [2.45, 2.75) is 38.1 Å². The van der Waals surface area contributed by atoms with E-state index in [0.29, 0.717) is 6.04 Å². The van der Waals surface area contributed by atoms with Gasteiger partial charge >= 0.3 is 0 Å². The minimum atomic E-state index is 0.513. The lowest BCUT2D eigenvalue weighted by Crippen LogP contribution is -2.29. The van der Waals surface area contributed by atoms with Gasteiger partial charge in [0, 0.05) is 16.6 Å². The molecule has 1 aliphatic heterocycles. The van der Waals surface area contributed by atoms with Gasteiger partial charge in [0.2, 0.25) is 0 Å². The molecule has 0 aromatic heterocycles. The Kier molecular flexibility index (Phi) is 3.49. The van der Waals surface area contributed by atoms with Crippen molar-refractivity contribution in [3.05, 3.63) is 28.3 Å². The molecule has 1 aromatic rings. The molecule has 1 unspecified atom stereocenters. The fourth-order valence-corrected chi connectivity index (χ4v) is 3.76. The third-order valence-corrected chi connectivity index (χ3v) is 4.63. The number of hydrogen-bond acceptors (Lipinski definition) is 2. The van der Waals surface area contributed by atoms with Crippen LogP contribution < -0.4 is 4.74 Å². The molecule has 0 N–H and O–H groups in total. The number of fused-ring (bicyclic) bond motifs is 1. The minimum Gasteiger partial charge on any atom is -0.496 e. The van der Waals surface area contributed by atoms with Crippen molar-refractivity contribution >= 4 is 11.6 Å². The lowest BCUT2D eigenvalue weighted by atomic mass is 9.86. The second kappa shape index (κ2) is 5.10. The van der Waals surface area contributed by atoms with Crippen LogP contribution in [0.4, 0.5) is 0 Å². The second-order valence-corrected chi connectivity index (χ2v) is 5.70. The van der Waals surface area contributed by atoms with Crippen LogP contribution in [-0.4, -0.2) is 25.1 Å². The summed E-state index contributed by atoms with van der Waals surface area (Å²) in [5.74, 6) is 1.01. The third-order valence-electron chi connectivity index (χ3n) is 4.30. The molecule has 1 aromatic carbocycles. The molecular formula is C15H20ClNO. The summed E-state index contributed by atoms with van der Waals surface area (Å²) in [5.41, 5.74) is 2.68. The molecule has 3 rings (SSSR count). The van der Waals surface area contributed by atoms with Crippen molar-refractivity contribution in [3.63, 3.8) is 0 Å². The first kappa shape index (κ1) is 12.3. The Labute approximate surface area is 114 Å². The van der Waals surface area contributed by atoms with Crippen LogP contribution in [0.1, 0.15) is 42.9 Å². The Bertz CT molecular complexity index is 440. The molecule has 0 radical (unpaired) electrons. The van der Waals surface area contributed by atoms with E-state index in [4.69, 9.17) is 16.3 Å². The Morgan fingerprint density at radius 1 is 1.22 bits per heavy atom. The lowest BCUT2D eigenvalue weighted by molar-refractivity contribution is 0.220. The van der Waals surface area contributed by atoms with Gasteiger partial charge in [-0.25, -0.2) is 0 Å². The number of methoxy groups -OCH3 is 1. The predicted octanol–water partition coefficient (Wildman–Crippen LogP) is 3.82. The van der Waals surface area contributed by atoms with Crippen LogP contribution in [0.15, 0.2) is 12.1 Å². The van der Waals surface area contributed by atoms with Crippen molar-refractivity contribution in [3.8, 4) is 5.75 Å². The van der Waals surface area contributed by atoms with Gasteiger partial charge in [0.25, 0.3) is 0 Å². The highest BCUT2D eigenvalue weighted by atomic mass is 35.5. The summed E-state index contributed by atoms with van der Waals surface area (Å²) in [5, 5.41) is 0.919. The van der Waals surface area contributed by atoms with Crippen molar-refractivity contribution < 1.29 is 4.74 Å². The van der Waals surface area contributed by atoms with Gasteiger partial charge in [-0.2, -0.15) is 0 Å². The smallest absolute Gasteiger partial charge is 0.122 e. The fraction of sp³-hybridized carbons (Fsp3) is 0.600. The van der Waals surface area contributed by atoms with E-state index >= 15 is 0 Å². The summed E-state index contributed by atoms with van der Waals surface area (Å²) in [6, 6.07) is 4.51. The third kappa shape index (κ3) is 2.02. The zero-order chi connectivity index (χ0) is 12.5. The topological polar surface area (TPSA) is 12.5 Å².